The van der Waals surface area contributed by atoms with Crippen LogP contribution in [0.5, 0.6) is 0 Å². The smallest absolute Gasteiger partial charge is 0.101 e. The minimum Gasteiger partial charge on any atom is -0.394 e. The van der Waals surface area contributed by atoms with Crippen LogP contribution in [0.15, 0.2) is 48.5 Å². The summed E-state index contributed by atoms with van der Waals surface area (Å²) in [4.78, 5) is 2.15. The molecule has 21 heavy (non-hydrogen) atoms. The Labute approximate surface area is 129 Å². The molecular weight excluding hydrogens is 286 g/mol. The zero-order chi connectivity index (χ0) is 14.8. The van der Waals surface area contributed by atoms with E-state index in [2.05, 4.69) is 4.90 Å². The molecule has 2 atom stereocenters. The number of benzene rings is 2. The van der Waals surface area contributed by atoms with Gasteiger partial charge in [0, 0.05) is 17.3 Å². The summed E-state index contributed by atoms with van der Waals surface area (Å²) in [5, 5.41) is 20.4. The Morgan fingerprint density at radius 1 is 1.14 bits per heavy atom. The summed E-state index contributed by atoms with van der Waals surface area (Å²) >= 11 is 6.05. The van der Waals surface area contributed by atoms with Crippen LogP contribution in [0.1, 0.15) is 17.2 Å². The van der Waals surface area contributed by atoms with Crippen molar-refractivity contribution in [1.29, 1.82) is 0 Å². The van der Waals surface area contributed by atoms with Gasteiger partial charge in [0.15, 0.2) is 0 Å². The van der Waals surface area contributed by atoms with Crippen molar-refractivity contribution >= 4 is 17.3 Å². The van der Waals surface area contributed by atoms with Gasteiger partial charge in [-0.2, -0.15) is 0 Å². The molecule has 0 spiro atoms. The van der Waals surface area contributed by atoms with Crippen LogP contribution >= 0.6 is 11.6 Å². The molecule has 0 saturated heterocycles. The maximum Gasteiger partial charge on any atom is 0.101 e. The molecule has 110 valence electrons. The van der Waals surface area contributed by atoms with Crippen LogP contribution in [-0.4, -0.2) is 29.5 Å². The standard InChI is InChI=1S/C17H18ClNO2/c18-14-6-7-15-13(10-14)8-9-19(15)17(16(21)11-20)12-4-2-1-3-5-12/h1-7,10,16-17,20-21H,8-9,11H2/t16-,17+/m1/s1. The molecule has 1 aliphatic heterocycles. The summed E-state index contributed by atoms with van der Waals surface area (Å²) in [5.74, 6) is 0. The fraction of sp³-hybridized carbons (Fsp3) is 0.294. The molecule has 2 aromatic carbocycles. The van der Waals surface area contributed by atoms with E-state index in [4.69, 9.17) is 11.6 Å². The van der Waals surface area contributed by atoms with Gasteiger partial charge in [-0.3, -0.25) is 0 Å². The van der Waals surface area contributed by atoms with Gasteiger partial charge < -0.3 is 15.1 Å². The van der Waals surface area contributed by atoms with Crippen LogP contribution < -0.4 is 4.90 Å². The second kappa shape index (κ2) is 6.06. The zero-order valence-corrected chi connectivity index (χ0v) is 12.4. The number of halogens is 1. The highest BCUT2D eigenvalue weighted by molar-refractivity contribution is 6.30. The number of rotatable bonds is 4. The van der Waals surface area contributed by atoms with E-state index in [-0.39, 0.29) is 12.6 Å². The number of fused-ring (bicyclic) bond motifs is 1. The topological polar surface area (TPSA) is 43.7 Å². The van der Waals surface area contributed by atoms with E-state index in [1.165, 1.54) is 5.56 Å². The highest BCUT2D eigenvalue weighted by atomic mass is 35.5. The molecule has 3 nitrogen and oxygen atoms in total. The monoisotopic (exact) mass is 303 g/mol. The lowest BCUT2D eigenvalue weighted by Gasteiger charge is -2.33. The molecule has 0 aliphatic carbocycles. The number of aliphatic hydroxyl groups excluding tert-OH is 2. The van der Waals surface area contributed by atoms with Gasteiger partial charge in [0.1, 0.15) is 6.10 Å². The second-order valence-corrected chi connectivity index (χ2v) is 5.76. The van der Waals surface area contributed by atoms with E-state index in [0.29, 0.717) is 0 Å². The van der Waals surface area contributed by atoms with Crippen LogP contribution in [0.25, 0.3) is 0 Å². The maximum atomic E-state index is 10.3. The van der Waals surface area contributed by atoms with Gasteiger partial charge in [0.2, 0.25) is 0 Å². The fourth-order valence-electron chi connectivity index (χ4n) is 3.04. The first kappa shape index (κ1) is 14.4. The molecule has 3 rings (SSSR count). The third-order valence-electron chi connectivity index (χ3n) is 4.00. The Hall–Kier alpha value is -1.55. The molecule has 4 heteroatoms. The maximum absolute atomic E-state index is 10.3. The Kier molecular flexibility index (Phi) is 4.15. The van der Waals surface area contributed by atoms with Crippen molar-refractivity contribution in [1.82, 2.24) is 0 Å². The predicted octanol–water partition coefficient (Wildman–Crippen LogP) is 2.80. The summed E-state index contributed by atoms with van der Waals surface area (Å²) in [6.45, 7) is 0.547. The van der Waals surface area contributed by atoms with Gasteiger partial charge in [0.05, 0.1) is 12.6 Å². The highest BCUT2D eigenvalue weighted by Gasteiger charge is 2.31. The molecule has 0 radical (unpaired) electrons. The second-order valence-electron chi connectivity index (χ2n) is 5.32. The lowest BCUT2D eigenvalue weighted by Crippen LogP contribution is -2.37. The highest BCUT2D eigenvalue weighted by Crippen LogP contribution is 2.37. The first-order chi connectivity index (χ1) is 10.2. The number of hydrogen-bond donors (Lipinski definition) is 2. The minimum absolute atomic E-state index is 0.251. The summed E-state index contributed by atoms with van der Waals surface area (Å²) in [5.41, 5.74) is 3.27. The number of aliphatic hydroxyl groups is 2. The molecule has 0 fully saturated rings. The normalized spacial score (nSPS) is 16.6. The molecule has 1 aliphatic rings. The molecule has 0 amide bonds. The van der Waals surface area contributed by atoms with E-state index in [0.717, 1.165) is 29.2 Å². The Morgan fingerprint density at radius 3 is 2.62 bits per heavy atom. The first-order valence-electron chi connectivity index (χ1n) is 7.09. The van der Waals surface area contributed by atoms with Crippen LogP contribution in [0.4, 0.5) is 5.69 Å². The predicted molar refractivity (Wildman–Crippen MR) is 84.8 cm³/mol. The Balaban J connectivity index is 2.00. The lowest BCUT2D eigenvalue weighted by molar-refractivity contribution is 0.0717. The zero-order valence-electron chi connectivity index (χ0n) is 11.6. The van der Waals surface area contributed by atoms with Gasteiger partial charge in [0.25, 0.3) is 0 Å². The average Bonchev–Trinajstić information content (AvgIpc) is 2.91. The quantitative estimate of drug-likeness (QED) is 0.913. The number of anilines is 1. The van der Waals surface area contributed by atoms with E-state index >= 15 is 0 Å². The molecule has 2 aromatic rings. The van der Waals surface area contributed by atoms with Gasteiger partial charge >= 0.3 is 0 Å². The van der Waals surface area contributed by atoms with E-state index in [9.17, 15) is 10.2 Å². The average molecular weight is 304 g/mol. The third-order valence-corrected chi connectivity index (χ3v) is 4.24. The Morgan fingerprint density at radius 2 is 1.90 bits per heavy atom. The van der Waals surface area contributed by atoms with Crippen LogP contribution in [0.3, 0.4) is 0 Å². The largest absolute Gasteiger partial charge is 0.394 e. The van der Waals surface area contributed by atoms with Gasteiger partial charge in [-0.25, -0.2) is 0 Å². The first-order valence-corrected chi connectivity index (χ1v) is 7.47. The van der Waals surface area contributed by atoms with E-state index in [1.54, 1.807) is 0 Å². The summed E-state index contributed by atoms with van der Waals surface area (Å²) in [6.07, 6.45) is 0.0752. The summed E-state index contributed by atoms with van der Waals surface area (Å²) in [6, 6.07) is 15.4. The number of hydrogen-bond acceptors (Lipinski definition) is 3. The molecule has 2 N–H and O–H groups in total. The minimum atomic E-state index is -0.825. The lowest BCUT2D eigenvalue weighted by atomic mass is 10.00. The van der Waals surface area contributed by atoms with Crippen molar-refractivity contribution in [2.45, 2.75) is 18.6 Å². The van der Waals surface area contributed by atoms with E-state index in [1.807, 2.05) is 48.5 Å². The Bertz CT molecular complexity index is 617. The van der Waals surface area contributed by atoms with Crippen LogP contribution in [-0.2, 0) is 6.42 Å². The molecule has 0 aromatic heterocycles. The molecule has 0 bridgehead atoms. The fourth-order valence-corrected chi connectivity index (χ4v) is 3.24. The van der Waals surface area contributed by atoms with Crippen LogP contribution in [0.2, 0.25) is 5.02 Å². The SMILES string of the molecule is OC[C@@H](O)[C@H](c1ccccc1)N1CCc2cc(Cl)ccc21. The van der Waals surface area contributed by atoms with E-state index < -0.39 is 6.10 Å². The van der Waals surface area contributed by atoms with Crippen molar-refractivity contribution in [2.24, 2.45) is 0 Å². The summed E-state index contributed by atoms with van der Waals surface area (Å²) < 4.78 is 0. The molecular formula is C17H18ClNO2. The van der Waals surface area contributed by atoms with Crippen molar-refractivity contribution in [3.63, 3.8) is 0 Å². The van der Waals surface area contributed by atoms with Gasteiger partial charge in [-0.15, -0.1) is 0 Å². The van der Waals surface area contributed by atoms with Crippen molar-refractivity contribution in [2.75, 3.05) is 18.1 Å². The summed E-state index contributed by atoms with van der Waals surface area (Å²) in [7, 11) is 0. The van der Waals surface area contributed by atoms with Crippen LogP contribution in [0, 0.1) is 0 Å². The molecule has 0 saturated carbocycles. The van der Waals surface area contributed by atoms with Crippen molar-refractivity contribution < 1.29 is 10.2 Å². The molecule has 1 heterocycles. The van der Waals surface area contributed by atoms with Gasteiger partial charge in [-0.05, 0) is 35.7 Å². The van der Waals surface area contributed by atoms with Gasteiger partial charge in [-0.1, -0.05) is 41.9 Å². The van der Waals surface area contributed by atoms with Crippen molar-refractivity contribution in [3.05, 3.63) is 64.7 Å². The number of nitrogens with zero attached hydrogens (tertiary/aromatic N) is 1. The van der Waals surface area contributed by atoms with Crippen molar-refractivity contribution in [3.8, 4) is 0 Å². The molecule has 0 unspecified atom stereocenters. The third kappa shape index (κ3) is 2.77.